The monoisotopic (exact) mass is 422 g/mol. The van der Waals surface area contributed by atoms with Crippen LogP contribution in [0, 0.1) is 5.41 Å². The van der Waals surface area contributed by atoms with Crippen molar-refractivity contribution in [2.45, 2.75) is 46.5 Å². The Hall–Kier alpha value is -0.530. The molecule has 0 bridgehead atoms. The van der Waals surface area contributed by atoms with Crippen molar-refractivity contribution in [1.29, 1.82) is 0 Å². The molecular formula is C16H31IN4O. The number of hydrogen-bond donors (Lipinski definition) is 1. The van der Waals surface area contributed by atoms with E-state index in [2.05, 4.69) is 24.1 Å². The minimum absolute atomic E-state index is 0. The second-order valence-electron chi connectivity index (χ2n) is 6.68. The Labute approximate surface area is 151 Å². The second kappa shape index (κ2) is 8.93. The molecule has 0 atom stereocenters. The number of piperazine rings is 1. The zero-order valence-corrected chi connectivity index (χ0v) is 16.6. The van der Waals surface area contributed by atoms with Gasteiger partial charge in [-0.25, -0.2) is 0 Å². The smallest absolute Gasteiger partial charge is 0.219 e. The normalized spacial score (nSPS) is 21.5. The van der Waals surface area contributed by atoms with Crippen molar-refractivity contribution in [2.75, 3.05) is 39.3 Å². The number of nitrogens with one attached hydrogen (secondary N) is 1. The molecule has 0 unspecified atom stereocenters. The first kappa shape index (κ1) is 19.5. The van der Waals surface area contributed by atoms with Crippen molar-refractivity contribution in [1.82, 2.24) is 15.1 Å². The summed E-state index contributed by atoms with van der Waals surface area (Å²) in [6.45, 7) is 11.3. The highest BCUT2D eigenvalue weighted by atomic mass is 127. The zero-order chi connectivity index (χ0) is 15.3. The molecule has 0 radical (unpaired) electrons. The molecule has 1 N–H and O–H groups in total. The van der Waals surface area contributed by atoms with Gasteiger partial charge in [-0.15, -0.1) is 24.0 Å². The van der Waals surface area contributed by atoms with Crippen LogP contribution >= 0.6 is 24.0 Å². The van der Waals surface area contributed by atoms with Gasteiger partial charge in [-0.05, 0) is 25.2 Å². The van der Waals surface area contributed by atoms with E-state index in [-0.39, 0.29) is 29.9 Å². The number of carbonyl (C=O) groups excluding carboxylic acids is 1. The predicted molar refractivity (Wildman–Crippen MR) is 102 cm³/mol. The third-order valence-corrected chi connectivity index (χ3v) is 4.78. The number of amides is 1. The van der Waals surface area contributed by atoms with Gasteiger partial charge >= 0.3 is 0 Å². The first-order valence-corrected chi connectivity index (χ1v) is 8.33. The van der Waals surface area contributed by atoms with Gasteiger partial charge in [0.25, 0.3) is 0 Å². The van der Waals surface area contributed by atoms with Crippen molar-refractivity contribution in [3.63, 3.8) is 0 Å². The Kier molecular flexibility index (Phi) is 7.93. The van der Waals surface area contributed by atoms with Gasteiger partial charge in [0.05, 0.1) is 0 Å². The number of halogens is 1. The molecule has 0 spiro atoms. The molecule has 1 saturated carbocycles. The average Bonchev–Trinajstić information content (AvgIpc) is 2.91. The fourth-order valence-electron chi connectivity index (χ4n) is 3.31. The van der Waals surface area contributed by atoms with Crippen LogP contribution in [0.15, 0.2) is 4.99 Å². The van der Waals surface area contributed by atoms with E-state index in [1.807, 2.05) is 4.90 Å². The first-order chi connectivity index (χ1) is 10.0. The van der Waals surface area contributed by atoms with Crippen molar-refractivity contribution < 1.29 is 4.79 Å². The largest absolute Gasteiger partial charge is 0.357 e. The lowest BCUT2D eigenvalue weighted by Gasteiger charge is -2.36. The maximum Gasteiger partial charge on any atom is 0.219 e. The average molecular weight is 422 g/mol. The minimum Gasteiger partial charge on any atom is -0.357 e. The molecule has 128 valence electrons. The SMILES string of the molecule is CCNC(=NCC1(C)CCCC1)N1CCN(C(C)=O)CC1.I. The Balaban J connectivity index is 0.00000242. The Morgan fingerprint density at radius 2 is 1.68 bits per heavy atom. The van der Waals surface area contributed by atoms with Crippen LogP contribution in [0.1, 0.15) is 46.5 Å². The molecule has 6 heteroatoms. The predicted octanol–water partition coefficient (Wildman–Crippen LogP) is 2.31. The quantitative estimate of drug-likeness (QED) is 0.432. The highest BCUT2D eigenvalue weighted by molar-refractivity contribution is 14.0. The van der Waals surface area contributed by atoms with Crippen LogP contribution in [0.3, 0.4) is 0 Å². The molecule has 0 aromatic carbocycles. The Bertz CT molecular complexity index is 386. The van der Waals surface area contributed by atoms with Gasteiger partial charge in [-0.1, -0.05) is 19.8 Å². The topological polar surface area (TPSA) is 47.9 Å². The fraction of sp³-hybridized carbons (Fsp3) is 0.875. The third kappa shape index (κ3) is 5.28. The summed E-state index contributed by atoms with van der Waals surface area (Å²) in [6, 6.07) is 0. The lowest BCUT2D eigenvalue weighted by molar-refractivity contribution is -0.130. The molecule has 1 heterocycles. The summed E-state index contributed by atoms with van der Waals surface area (Å²) >= 11 is 0. The van der Waals surface area contributed by atoms with Crippen molar-refractivity contribution >= 4 is 35.8 Å². The van der Waals surface area contributed by atoms with Gasteiger partial charge in [-0.3, -0.25) is 9.79 Å². The molecule has 1 amide bonds. The second-order valence-corrected chi connectivity index (χ2v) is 6.68. The molecule has 0 aromatic rings. The van der Waals surface area contributed by atoms with E-state index in [1.54, 1.807) is 6.92 Å². The highest BCUT2D eigenvalue weighted by Gasteiger charge is 2.29. The molecular weight excluding hydrogens is 391 g/mol. The van der Waals surface area contributed by atoms with Crippen LogP contribution in [0.25, 0.3) is 0 Å². The van der Waals surface area contributed by atoms with E-state index in [0.717, 1.165) is 45.2 Å². The Morgan fingerprint density at radius 3 is 2.18 bits per heavy atom. The number of hydrogen-bond acceptors (Lipinski definition) is 2. The first-order valence-electron chi connectivity index (χ1n) is 8.33. The van der Waals surface area contributed by atoms with E-state index >= 15 is 0 Å². The third-order valence-electron chi connectivity index (χ3n) is 4.78. The van der Waals surface area contributed by atoms with Crippen LogP contribution in [0.2, 0.25) is 0 Å². The summed E-state index contributed by atoms with van der Waals surface area (Å²) in [5.74, 6) is 1.20. The van der Waals surface area contributed by atoms with Crippen LogP contribution in [-0.2, 0) is 4.79 Å². The molecule has 2 fully saturated rings. The molecule has 1 saturated heterocycles. The Morgan fingerprint density at radius 1 is 1.14 bits per heavy atom. The van der Waals surface area contributed by atoms with Crippen molar-refractivity contribution in [3.05, 3.63) is 0 Å². The number of nitrogens with zero attached hydrogens (tertiary/aromatic N) is 3. The summed E-state index contributed by atoms with van der Waals surface area (Å²) in [4.78, 5) is 20.5. The summed E-state index contributed by atoms with van der Waals surface area (Å²) in [7, 11) is 0. The highest BCUT2D eigenvalue weighted by Crippen LogP contribution is 2.37. The number of aliphatic imine (C=N–C) groups is 1. The molecule has 5 nitrogen and oxygen atoms in total. The summed E-state index contributed by atoms with van der Waals surface area (Å²) < 4.78 is 0. The van der Waals surface area contributed by atoms with Crippen molar-refractivity contribution in [3.8, 4) is 0 Å². The molecule has 2 aliphatic rings. The molecule has 0 aromatic heterocycles. The van der Waals surface area contributed by atoms with E-state index in [1.165, 1.54) is 25.7 Å². The number of rotatable bonds is 3. The van der Waals surface area contributed by atoms with E-state index in [0.29, 0.717) is 5.41 Å². The maximum atomic E-state index is 11.4. The number of carbonyl (C=O) groups is 1. The van der Waals surface area contributed by atoms with E-state index in [4.69, 9.17) is 4.99 Å². The van der Waals surface area contributed by atoms with E-state index in [9.17, 15) is 4.79 Å². The minimum atomic E-state index is 0. The van der Waals surface area contributed by atoms with Gasteiger partial charge in [0.2, 0.25) is 5.91 Å². The van der Waals surface area contributed by atoms with Crippen molar-refractivity contribution in [2.24, 2.45) is 10.4 Å². The zero-order valence-electron chi connectivity index (χ0n) is 14.2. The standard InChI is InChI=1S/C16H30N4O.HI/c1-4-17-15(18-13-16(3)7-5-6-8-16)20-11-9-19(10-12-20)14(2)21;/h4-13H2,1-3H3,(H,17,18);1H. The van der Waals surface area contributed by atoms with Crippen LogP contribution in [0.4, 0.5) is 0 Å². The van der Waals surface area contributed by atoms with Gasteiger partial charge in [0.1, 0.15) is 0 Å². The molecule has 2 rings (SSSR count). The fourth-order valence-corrected chi connectivity index (χ4v) is 3.31. The van der Waals surface area contributed by atoms with Gasteiger partial charge in [0.15, 0.2) is 5.96 Å². The van der Waals surface area contributed by atoms with Gasteiger partial charge < -0.3 is 15.1 Å². The summed E-state index contributed by atoms with van der Waals surface area (Å²) in [6.07, 6.45) is 5.29. The molecule has 1 aliphatic heterocycles. The van der Waals surface area contributed by atoms with Crippen LogP contribution < -0.4 is 5.32 Å². The van der Waals surface area contributed by atoms with Gasteiger partial charge in [-0.2, -0.15) is 0 Å². The lowest BCUT2D eigenvalue weighted by atomic mass is 9.89. The maximum absolute atomic E-state index is 11.4. The summed E-state index contributed by atoms with van der Waals surface area (Å²) in [5.41, 5.74) is 0.391. The molecule has 1 aliphatic carbocycles. The van der Waals surface area contributed by atoms with E-state index < -0.39 is 0 Å². The number of guanidine groups is 1. The van der Waals surface area contributed by atoms with Gasteiger partial charge in [0, 0.05) is 46.2 Å². The summed E-state index contributed by atoms with van der Waals surface area (Å²) in [5, 5.41) is 3.41. The van der Waals surface area contributed by atoms with Crippen LogP contribution in [-0.4, -0.2) is 60.9 Å². The van der Waals surface area contributed by atoms with Crippen LogP contribution in [0.5, 0.6) is 0 Å². The molecule has 22 heavy (non-hydrogen) atoms. The lowest BCUT2D eigenvalue weighted by Crippen LogP contribution is -2.53.